The van der Waals surface area contributed by atoms with Crippen molar-refractivity contribution in [2.75, 3.05) is 11.5 Å². The third-order valence-corrected chi connectivity index (χ3v) is 7.11. The van der Waals surface area contributed by atoms with Gasteiger partial charge in [0.15, 0.2) is 0 Å². The largest absolute Gasteiger partial charge is 0.366 e. The number of carbonyl (C=O) groups is 1. The van der Waals surface area contributed by atoms with Gasteiger partial charge in [0.25, 0.3) is 5.91 Å². The van der Waals surface area contributed by atoms with Crippen LogP contribution in [0.3, 0.4) is 0 Å². The summed E-state index contributed by atoms with van der Waals surface area (Å²) in [7, 11) is -2.92. The summed E-state index contributed by atoms with van der Waals surface area (Å²) >= 11 is 1.49. The number of nitrogens with two attached hydrogens (primary N) is 1. The van der Waals surface area contributed by atoms with Crippen molar-refractivity contribution >= 4 is 38.0 Å². The monoisotopic (exact) mass is 375 g/mol. The summed E-state index contributed by atoms with van der Waals surface area (Å²) in [6, 6.07) is 3.76. The second-order valence-corrected chi connectivity index (χ2v) is 9.38. The van der Waals surface area contributed by atoms with Crippen LogP contribution in [0.1, 0.15) is 34.7 Å². The van der Waals surface area contributed by atoms with Gasteiger partial charge in [-0.25, -0.2) is 13.4 Å². The van der Waals surface area contributed by atoms with Crippen LogP contribution in [0.4, 0.5) is 0 Å². The van der Waals surface area contributed by atoms with E-state index in [1.165, 1.54) is 11.3 Å². The van der Waals surface area contributed by atoms with Crippen molar-refractivity contribution in [3.8, 4) is 11.3 Å². The molecule has 1 aromatic carbocycles. The number of fused-ring (bicyclic) bond motifs is 1. The maximum Gasteiger partial charge on any atom is 0.250 e. The maximum absolute atomic E-state index is 11.9. The quantitative estimate of drug-likeness (QED) is 0.734. The SMILES string of the molecule is NC(=O)c1cc(-c2cscn2)cc2c(C3CCS(=O)(=O)CC3)c[nH]c12. The van der Waals surface area contributed by atoms with E-state index in [9.17, 15) is 13.2 Å². The average molecular weight is 375 g/mol. The van der Waals surface area contributed by atoms with Crippen molar-refractivity contribution in [3.63, 3.8) is 0 Å². The van der Waals surface area contributed by atoms with Gasteiger partial charge >= 0.3 is 0 Å². The molecule has 0 bridgehead atoms. The summed E-state index contributed by atoms with van der Waals surface area (Å²) in [5.41, 5.74) is 11.1. The Bertz CT molecular complexity index is 1040. The van der Waals surface area contributed by atoms with Crippen molar-refractivity contribution in [3.05, 3.63) is 40.3 Å². The number of nitrogens with zero attached hydrogens (tertiary/aromatic N) is 1. The molecule has 6 nitrogen and oxygen atoms in total. The molecular formula is C17H17N3O3S2. The van der Waals surface area contributed by atoms with Crippen LogP contribution in [-0.2, 0) is 9.84 Å². The Morgan fingerprint density at radius 1 is 1.28 bits per heavy atom. The summed E-state index contributed by atoms with van der Waals surface area (Å²) in [5.74, 6) is 0.0720. The van der Waals surface area contributed by atoms with Crippen molar-refractivity contribution in [2.24, 2.45) is 5.73 Å². The zero-order valence-electron chi connectivity index (χ0n) is 13.4. The van der Waals surface area contributed by atoms with E-state index in [4.69, 9.17) is 5.73 Å². The molecule has 2 aromatic heterocycles. The van der Waals surface area contributed by atoms with Gasteiger partial charge in [0, 0.05) is 22.5 Å². The second-order valence-electron chi connectivity index (χ2n) is 6.35. The second kappa shape index (κ2) is 5.96. The summed E-state index contributed by atoms with van der Waals surface area (Å²) < 4.78 is 23.4. The van der Waals surface area contributed by atoms with Crippen molar-refractivity contribution in [1.29, 1.82) is 0 Å². The fraction of sp³-hybridized carbons (Fsp3) is 0.294. The van der Waals surface area contributed by atoms with Gasteiger partial charge in [0.2, 0.25) is 0 Å². The van der Waals surface area contributed by atoms with E-state index < -0.39 is 15.7 Å². The molecule has 3 aromatic rings. The Morgan fingerprint density at radius 2 is 2.04 bits per heavy atom. The summed E-state index contributed by atoms with van der Waals surface area (Å²) in [6.45, 7) is 0. The van der Waals surface area contributed by atoms with Crippen LogP contribution < -0.4 is 5.73 Å². The van der Waals surface area contributed by atoms with Crippen LogP contribution in [0.15, 0.2) is 29.2 Å². The van der Waals surface area contributed by atoms with Gasteiger partial charge in [-0.3, -0.25) is 4.79 Å². The predicted octanol–water partition coefficient (Wildman–Crippen LogP) is 2.68. The van der Waals surface area contributed by atoms with E-state index in [0.29, 0.717) is 23.9 Å². The molecule has 0 atom stereocenters. The third-order valence-electron chi connectivity index (χ3n) is 4.81. The number of aromatic nitrogens is 2. The van der Waals surface area contributed by atoms with Gasteiger partial charge < -0.3 is 10.7 Å². The van der Waals surface area contributed by atoms with E-state index in [1.54, 1.807) is 11.6 Å². The third kappa shape index (κ3) is 2.96. The number of carbonyl (C=O) groups excluding carboxylic acids is 1. The zero-order valence-corrected chi connectivity index (χ0v) is 15.0. The maximum atomic E-state index is 11.9. The molecule has 4 rings (SSSR count). The normalized spacial score (nSPS) is 17.8. The zero-order chi connectivity index (χ0) is 17.6. The molecule has 3 N–H and O–H groups in total. The number of hydrogen-bond acceptors (Lipinski definition) is 5. The average Bonchev–Trinajstić information content (AvgIpc) is 3.23. The van der Waals surface area contributed by atoms with Crippen LogP contribution in [0.5, 0.6) is 0 Å². The van der Waals surface area contributed by atoms with Crippen LogP contribution in [0.25, 0.3) is 22.2 Å². The molecule has 1 fully saturated rings. The van der Waals surface area contributed by atoms with E-state index >= 15 is 0 Å². The number of nitrogens with one attached hydrogen (secondary N) is 1. The number of thiazole rings is 1. The smallest absolute Gasteiger partial charge is 0.250 e. The highest BCUT2D eigenvalue weighted by atomic mass is 32.2. The van der Waals surface area contributed by atoms with Gasteiger partial charge in [-0.15, -0.1) is 11.3 Å². The Kier molecular flexibility index (Phi) is 3.88. The number of primary amides is 1. The number of H-pyrrole nitrogens is 1. The van der Waals surface area contributed by atoms with E-state index in [2.05, 4.69) is 9.97 Å². The van der Waals surface area contributed by atoms with Crippen molar-refractivity contribution in [2.45, 2.75) is 18.8 Å². The number of benzene rings is 1. The molecule has 25 heavy (non-hydrogen) atoms. The molecule has 130 valence electrons. The van der Waals surface area contributed by atoms with Crippen LogP contribution in [0, 0.1) is 0 Å². The molecule has 0 saturated carbocycles. The number of sulfone groups is 1. The molecule has 3 heterocycles. The Balaban J connectivity index is 1.85. The first-order valence-corrected chi connectivity index (χ1v) is 10.7. The van der Waals surface area contributed by atoms with Crippen LogP contribution >= 0.6 is 11.3 Å². The lowest BCUT2D eigenvalue weighted by molar-refractivity contribution is 0.100. The molecular weight excluding hydrogens is 358 g/mol. The highest BCUT2D eigenvalue weighted by Crippen LogP contribution is 2.37. The summed E-state index contributed by atoms with van der Waals surface area (Å²) in [6.07, 6.45) is 3.08. The highest BCUT2D eigenvalue weighted by molar-refractivity contribution is 7.91. The molecule has 1 aliphatic heterocycles. The topological polar surface area (TPSA) is 106 Å². The lowest BCUT2D eigenvalue weighted by Gasteiger charge is -2.21. The lowest BCUT2D eigenvalue weighted by Crippen LogP contribution is -2.22. The fourth-order valence-corrected chi connectivity index (χ4v) is 5.54. The van der Waals surface area contributed by atoms with Crippen molar-refractivity contribution in [1.82, 2.24) is 9.97 Å². The van der Waals surface area contributed by atoms with Gasteiger partial charge in [-0.2, -0.15) is 0 Å². The minimum atomic E-state index is -2.92. The van der Waals surface area contributed by atoms with E-state index in [0.717, 1.165) is 22.2 Å². The minimum absolute atomic E-state index is 0.156. The number of rotatable bonds is 3. The van der Waals surface area contributed by atoms with E-state index in [1.807, 2.05) is 17.6 Å². The molecule has 1 aliphatic rings. The number of hydrogen-bond donors (Lipinski definition) is 2. The first-order valence-electron chi connectivity index (χ1n) is 7.98. The van der Waals surface area contributed by atoms with Gasteiger partial charge in [0.05, 0.1) is 33.8 Å². The first-order chi connectivity index (χ1) is 11.9. The standard InChI is InChI=1S/C17H17N3O3S2/c18-17(21)13-6-11(15-8-24-9-20-15)5-12-14(7-19-16(12)13)10-1-3-25(22,23)4-2-10/h5-10,19H,1-4H2,(H2,18,21). The molecule has 1 amide bonds. The van der Waals surface area contributed by atoms with Gasteiger partial charge in [-0.05, 0) is 36.5 Å². The van der Waals surface area contributed by atoms with E-state index in [-0.39, 0.29) is 17.4 Å². The Hall–Kier alpha value is -2.19. The Morgan fingerprint density at radius 3 is 2.68 bits per heavy atom. The number of amides is 1. The van der Waals surface area contributed by atoms with Crippen LogP contribution in [-0.4, -0.2) is 35.8 Å². The summed E-state index contributed by atoms with van der Waals surface area (Å²) in [5, 5.41) is 2.84. The van der Waals surface area contributed by atoms with Crippen molar-refractivity contribution < 1.29 is 13.2 Å². The highest BCUT2D eigenvalue weighted by Gasteiger charge is 2.27. The molecule has 1 saturated heterocycles. The predicted molar refractivity (Wildman–Crippen MR) is 98.6 cm³/mol. The molecule has 8 heteroatoms. The first kappa shape index (κ1) is 16.3. The molecule has 0 aliphatic carbocycles. The van der Waals surface area contributed by atoms with Gasteiger partial charge in [-0.1, -0.05) is 0 Å². The number of aromatic amines is 1. The van der Waals surface area contributed by atoms with Gasteiger partial charge in [0.1, 0.15) is 9.84 Å². The lowest BCUT2D eigenvalue weighted by atomic mass is 9.91. The molecule has 0 spiro atoms. The summed E-state index contributed by atoms with van der Waals surface area (Å²) in [4.78, 5) is 19.4. The minimum Gasteiger partial charge on any atom is -0.366 e. The Labute approximate surface area is 149 Å². The molecule has 0 radical (unpaired) electrons. The molecule has 0 unspecified atom stereocenters. The fourth-order valence-electron chi connectivity index (χ4n) is 3.49. The van der Waals surface area contributed by atoms with Crippen LogP contribution in [0.2, 0.25) is 0 Å².